The summed E-state index contributed by atoms with van der Waals surface area (Å²) < 4.78 is 5.55. The van der Waals surface area contributed by atoms with E-state index in [1.165, 1.54) is 42.4 Å². The van der Waals surface area contributed by atoms with Crippen LogP contribution >= 0.6 is 0 Å². The molecule has 5 heterocycles. The number of morpholine rings is 1. The smallest absolute Gasteiger partial charge is 0.138 e. The molecule has 6 rings (SSSR count). The number of piperidine rings is 2. The lowest BCUT2D eigenvalue weighted by molar-refractivity contribution is 0.0115. The molecule has 0 bridgehead atoms. The molecule has 4 aliphatic heterocycles. The van der Waals surface area contributed by atoms with E-state index in [9.17, 15) is 0 Å². The zero-order valence-corrected chi connectivity index (χ0v) is 20.6. The zero-order valence-electron chi connectivity index (χ0n) is 20.6. The Morgan fingerprint density at radius 2 is 1.71 bits per heavy atom. The first-order valence-corrected chi connectivity index (χ1v) is 13.4. The highest BCUT2D eigenvalue weighted by atomic mass is 16.5. The molecule has 3 N–H and O–H groups in total. The van der Waals surface area contributed by atoms with Crippen LogP contribution in [0.5, 0.6) is 0 Å². The second kappa shape index (κ2) is 10.6. The van der Waals surface area contributed by atoms with Crippen LogP contribution in [0.25, 0.3) is 6.08 Å². The molecule has 0 atom stereocenters. The molecule has 0 aliphatic carbocycles. The van der Waals surface area contributed by atoms with Crippen LogP contribution in [0.2, 0.25) is 0 Å². The van der Waals surface area contributed by atoms with Gasteiger partial charge in [-0.1, -0.05) is 12.1 Å². The standard InChI is InChI=1S/C28H38N6O/c1-3-24(4-2-21(1)22-5-10-29-11-6-22)31-28-26-20-30-12-7-23(26)19-27(32-28)34-13-8-25(9-14-34)33-15-17-35-18-16-33/h1-4,7,12,19,22,25,29-30H,5-6,8-11,13-18,20H2,(H,31,32). The van der Waals surface area contributed by atoms with Crippen LogP contribution in [-0.2, 0) is 11.3 Å². The summed E-state index contributed by atoms with van der Waals surface area (Å²) >= 11 is 0. The number of pyridine rings is 1. The van der Waals surface area contributed by atoms with Gasteiger partial charge in [-0.15, -0.1) is 0 Å². The Hall–Kier alpha value is -2.61. The van der Waals surface area contributed by atoms with Gasteiger partial charge in [0.15, 0.2) is 0 Å². The Morgan fingerprint density at radius 1 is 0.943 bits per heavy atom. The monoisotopic (exact) mass is 474 g/mol. The van der Waals surface area contributed by atoms with Gasteiger partial charge in [-0.2, -0.15) is 0 Å². The number of aromatic nitrogens is 1. The first-order chi connectivity index (χ1) is 17.3. The first kappa shape index (κ1) is 22.8. The van der Waals surface area contributed by atoms with Gasteiger partial charge in [0.05, 0.1) is 13.2 Å². The van der Waals surface area contributed by atoms with E-state index in [-0.39, 0.29) is 0 Å². The Kier molecular flexibility index (Phi) is 6.89. The van der Waals surface area contributed by atoms with E-state index in [1.807, 2.05) is 6.20 Å². The van der Waals surface area contributed by atoms with Gasteiger partial charge in [-0.3, -0.25) is 4.90 Å². The van der Waals surface area contributed by atoms with Crippen molar-refractivity contribution in [3.05, 3.63) is 53.2 Å². The summed E-state index contributed by atoms with van der Waals surface area (Å²) in [7, 11) is 0. The van der Waals surface area contributed by atoms with Gasteiger partial charge in [0, 0.05) is 50.0 Å². The van der Waals surface area contributed by atoms with Crippen LogP contribution in [0.3, 0.4) is 0 Å². The molecule has 1 aromatic heterocycles. The van der Waals surface area contributed by atoms with Crippen LogP contribution in [-0.4, -0.2) is 68.4 Å². The van der Waals surface area contributed by atoms with Gasteiger partial charge in [-0.05, 0) is 86.3 Å². The molecule has 0 saturated carbocycles. The van der Waals surface area contributed by atoms with Crippen LogP contribution in [0.15, 0.2) is 36.5 Å². The van der Waals surface area contributed by atoms with Crippen molar-refractivity contribution in [2.45, 2.75) is 44.2 Å². The van der Waals surface area contributed by atoms with E-state index in [4.69, 9.17) is 9.72 Å². The highest BCUT2D eigenvalue weighted by Crippen LogP contribution is 2.32. The van der Waals surface area contributed by atoms with Crippen molar-refractivity contribution in [2.75, 3.05) is 62.7 Å². The third-order valence-corrected chi connectivity index (χ3v) is 8.14. The molecule has 3 saturated heterocycles. The van der Waals surface area contributed by atoms with E-state index >= 15 is 0 Å². The molecule has 4 aliphatic rings. The molecule has 0 amide bonds. The topological polar surface area (TPSA) is 64.7 Å². The summed E-state index contributed by atoms with van der Waals surface area (Å²) in [4.78, 5) is 10.2. The number of nitrogens with one attached hydrogen (secondary N) is 3. The minimum Gasteiger partial charge on any atom is -0.387 e. The lowest BCUT2D eigenvalue weighted by Crippen LogP contribution is -2.49. The summed E-state index contributed by atoms with van der Waals surface area (Å²) in [5.74, 6) is 2.73. The van der Waals surface area contributed by atoms with Crippen molar-refractivity contribution in [1.82, 2.24) is 20.5 Å². The second-order valence-electron chi connectivity index (χ2n) is 10.2. The normalized spacial score (nSPS) is 22.0. The van der Waals surface area contributed by atoms with Crippen molar-refractivity contribution >= 4 is 23.4 Å². The number of nitrogens with zero attached hydrogens (tertiary/aromatic N) is 3. The molecule has 35 heavy (non-hydrogen) atoms. The van der Waals surface area contributed by atoms with Crippen molar-refractivity contribution in [2.24, 2.45) is 0 Å². The Labute approximate surface area is 208 Å². The van der Waals surface area contributed by atoms with Crippen molar-refractivity contribution < 1.29 is 4.74 Å². The summed E-state index contributed by atoms with van der Waals surface area (Å²) in [6.07, 6.45) is 9.06. The van der Waals surface area contributed by atoms with E-state index in [2.05, 4.69) is 62.2 Å². The van der Waals surface area contributed by atoms with Gasteiger partial charge in [0.25, 0.3) is 0 Å². The number of anilines is 3. The SMILES string of the molecule is C1=Cc2cc(N3CCC(N4CCOCC4)CC3)nc(Nc3ccc(C4CCNCC4)cc3)c2CN1. The van der Waals surface area contributed by atoms with E-state index in [1.54, 1.807) is 0 Å². The van der Waals surface area contributed by atoms with Gasteiger partial charge in [-0.25, -0.2) is 4.98 Å². The molecule has 7 heteroatoms. The Morgan fingerprint density at radius 3 is 2.49 bits per heavy atom. The van der Waals surface area contributed by atoms with Crippen LogP contribution in [0.4, 0.5) is 17.3 Å². The molecule has 7 nitrogen and oxygen atoms in total. The van der Waals surface area contributed by atoms with E-state index in [0.717, 1.165) is 76.4 Å². The lowest BCUT2D eigenvalue weighted by atomic mass is 9.90. The predicted octanol–water partition coefficient (Wildman–Crippen LogP) is 3.67. The van der Waals surface area contributed by atoms with Crippen molar-refractivity contribution in [3.63, 3.8) is 0 Å². The van der Waals surface area contributed by atoms with Crippen molar-refractivity contribution in [3.8, 4) is 0 Å². The molecular formula is C28H38N6O. The fraction of sp³-hybridized carbons (Fsp3) is 0.536. The van der Waals surface area contributed by atoms with Gasteiger partial charge in [0.2, 0.25) is 0 Å². The molecule has 186 valence electrons. The van der Waals surface area contributed by atoms with Crippen molar-refractivity contribution in [1.29, 1.82) is 0 Å². The summed E-state index contributed by atoms with van der Waals surface area (Å²) in [5, 5.41) is 10.5. The average molecular weight is 475 g/mol. The minimum absolute atomic E-state index is 0.674. The maximum absolute atomic E-state index is 5.55. The lowest BCUT2D eigenvalue weighted by Gasteiger charge is -2.40. The fourth-order valence-corrected chi connectivity index (χ4v) is 6.02. The number of fused-ring (bicyclic) bond motifs is 1. The minimum atomic E-state index is 0.674. The molecule has 0 radical (unpaired) electrons. The Bertz CT molecular complexity index is 1020. The molecule has 0 unspecified atom stereocenters. The number of rotatable bonds is 5. The van der Waals surface area contributed by atoms with Gasteiger partial charge < -0.3 is 25.6 Å². The molecular weight excluding hydrogens is 436 g/mol. The maximum atomic E-state index is 5.55. The highest BCUT2D eigenvalue weighted by Gasteiger charge is 2.27. The number of hydrogen-bond acceptors (Lipinski definition) is 7. The van der Waals surface area contributed by atoms with E-state index in [0.29, 0.717) is 12.0 Å². The largest absolute Gasteiger partial charge is 0.387 e. The molecule has 1 aromatic carbocycles. The molecule has 3 fully saturated rings. The number of ether oxygens (including phenoxy) is 1. The second-order valence-corrected chi connectivity index (χ2v) is 10.2. The highest BCUT2D eigenvalue weighted by molar-refractivity contribution is 5.71. The van der Waals surface area contributed by atoms with E-state index < -0.39 is 0 Å². The fourth-order valence-electron chi connectivity index (χ4n) is 6.02. The first-order valence-electron chi connectivity index (χ1n) is 13.4. The summed E-state index contributed by atoms with van der Waals surface area (Å²) in [6, 6.07) is 12.0. The van der Waals surface area contributed by atoms with Crippen LogP contribution in [0.1, 0.15) is 48.3 Å². The number of hydrogen-bond donors (Lipinski definition) is 3. The number of benzene rings is 1. The summed E-state index contributed by atoms with van der Waals surface area (Å²) in [6.45, 7) is 9.05. The van der Waals surface area contributed by atoms with Crippen LogP contribution in [0, 0.1) is 0 Å². The van der Waals surface area contributed by atoms with Gasteiger partial charge >= 0.3 is 0 Å². The Balaban J connectivity index is 1.18. The summed E-state index contributed by atoms with van der Waals surface area (Å²) in [5.41, 5.74) is 5.06. The predicted molar refractivity (Wildman–Crippen MR) is 142 cm³/mol. The average Bonchev–Trinajstić information content (AvgIpc) is 2.94. The maximum Gasteiger partial charge on any atom is 0.138 e. The van der Waals surface area contributed by atoms with Gasteiger partial charge in [0.1, 0.15) is 11.6 Å². The third kappa shape index (κ3) is 5.17. The quantitative estimate of drug-likeness (QED) is 0.611. The molecule has 2 aromatic rings. The third-order valence-electron chi connectivity index (χ3n) is 8.14. The van der Waals surface area contributed by atoms with Crippen LogP contribution < -0.4 is 20.9 Å². The zero-order chi connectivity index (χ0) is 23.5. The molecule has 0 spiro atoms.